The number of sulfonamides is 1. The Morgan fingerprint density at radius 2 is 1.83 bits per heavy atom. The highest BCUT2D eigenvalue weighted by molar-refractivity contribution is 7.89. The molecule has 2 unspecified atom stereocenters. The predicted octanol–water partition coefficient (Wildman–Crippen LogP) is 2.11. The van der Waals surface area contributed by atoms with E-state index >= 15 is 0 Å². The second kappa shape index (κ2) is 7.46. The molecule has 5 heteroatoms. The topological polar surface area (TPSA) is 72.2 Å². The van der Waals surface area contributed by atoms with Gasteiger partial charge < -0.3 is 5.73 Å². The molecule has 3 N–H and O–H groups in total. The third kappa shape index (κ3) is 7.34. The summed E-state index contributed by atoms with van der Waals surface area (Å²) < 4.78 is 27.0. The van der Waals surface area contributed by atoms with E-state index in [1.54, 1.807) is 0 Å². The Hall–Kier alpha value is -0.130. The van der Waals surface area contributed by atoms with Crippen molar-refractivity contribution in [2.24, 2.45) is 17.6 Å². The summed E-state index contributed by atoms with van der Waals surface area (Å²) >= 11 is 0. The number of nitrogens with two attached hydrogens (primary N) is 1. The van der Waals surface area contributed by atoms with Gasteiger partial charge in [0, 0.05) is 12.1 Å². The van der Waals surface area contributed by atoms with Crippen LogP contribution in [0.15, 0.2) is 0 Å². The maximum Gasteiger partial charge on any atom is 0.212 e. The van der Waals surface area contributed by atoms with Crippen molar-refractivity contribution in [2.75, 3.05) is 12.3 Å². The zero-order valence-electron chi connectivity index (χ0n) is 12.5. The molecule has 0 aromatic heterocycles. The maximum absolute atomic E-state index is 12.1. The Balaban J connectivity index is 4.62. The van der Waals surface area contributed by atoms with Crippen LogP contribution in [-0.4, -0.2) is 26.3 Å². The average molecular weight is 278 g/mol. The van der Waals surface area contributed by atoms with Crippen LogP contribution < -0.4 is 10.5 Å². The molecule has 0 aliphatic heterocycles. The quantitative estimate of drug-likeness (QED) is 0.678. The van der Waals surface area contributed by atoms with E-state index in [1.807, 2.05) is 13.8 Å². The highest BCUT2D eigenvalue weighted by atomic mass is 32.2. The van der Waals surface area contributed by atoms with Crippen LogP contribution in [0.1, 0.15) is 53.9 Å². The van der Waals surface area contributed by atoms with Crippen LogP contribution >= 0.6 is 0 Å². The van der Waals surface area contributed by atoms with Gasteiger partial charge in [-0.15, -0.1) is 0 Å². The lowest BCUT2D eigenvalue weighted by atomic mass is 9.92. The lowest BCUT2D eigenvalue weighted by Gasteiger charge is -2.31. The van der Waals surface area contributed by atoms with Gasteiger partial charge in [-0.25, -0.2) is 13.1 Å². The van der Waals surface area contributed by atoms with Crippen LogP contribution in [0.25, 0.3) is 0 Å². The summed E-state index contributed by atoms with van der Waals surface area (Å²) in [5.41, 5.74) is 5.20. The molecule has 18 heavy (non-hydrogen) atoms. The molecule has 0 saturated carbocycles. The van der Waals surface area contributed by atoms with Crippen LogP contribution in [0.2, 0.25) is 0 Å². The minimum atomic E-state index is -3.25. The van der Waals surface area contributed by atoms with Gasteiger partial charge in [-0.1, -0.05) is 34.1 Å². The van der Waals surface area contributed by atoms with Gasteiger partial charge in [0.2, 0.25) is 10.0 Å². The van der Waals surface area contributed by atoms with E-state index in [4.69, 9.17) is 5.73 Å². The Labute approximate surface area is 113 Å². The van der Waals surface area contributed by atoms with Crippen molar-refractivity contribution in [3.63, 3.8) is 0 Å². The fourth-order valence-corrected chi connectivity index (χ4v) is 4.35. The molecule has 4 nitrogen and oxygen atoms in total. The second-order valence-corrected chi connectivity index (χ2v) is 7.91. The Bertz CT molecular complexity index is 328. The fraction of sp³-hybridized carbons (Fsp3) is 1.00. The van der Waals surface area contributed by atoms with Crippen molar-refractivity contribution in [3.05, 3.63) is 0 Å². The van der Waals surface area contributed by atoms with Crippen molar-refractivity contribution in [1.29, 1.82) is 0 Å². The van der Waals surface area contributed by atoms with Crippen LogP contribution in [0, 0.1) is 11.8 Å². The van der Waals surface area contributed by atoms with E-state index in [0.29, 0.717) is 12.5 Å². The fourth-order valence-electron chi connectivity index (χ4n) is 2.44. The SMILES string of the molecule is CCCC(C)CS(=O)(=O)NC(C)(CN)CC(C)C. The number of hydrogen-bond donors (Lipinski definition) is 2. The standard InChI is InChI=1S/C13H30N2O2S/c1-6-7-12(4)9-18(16,17)15-13(5,10-14)8-11(2)3/h11-12,15H,6-10,14H2,1-5H3. The van der Waals surface area contributed by atoms with E-state index < -0.39 is 15.6 Å². The Morgan fingerprint density at radius 1 is 1.28 bits per heavy atom. The van der Waals surface area contributed by atoms with E-state index in [0.717, 1.165) is 19.3 Å². The molecule has 0 rings (SSSR count). The Kier molecular flexibility index (Phi) is 7.40. The monoisotopic (exact) mass is 278 g/mol. The van der Waals surface area contributed by atoms with Crippen molar-refractivity contribution in [3.8, 4) is 0 Å². The predicted molar refractivity (Wildman–Crippen MR) is 77.9 cm³/mol. The van der Waals surface area contributed by atoms with Gasteiger partial charge in [0.25, 0.3) is 0 Å². The molecule has 0 aromatic rings. The first-order valence-electron chi connectivity index (χ1n) is 6.86. The van der Waals surface area contributed by atoms with Crippen LogP contribution in [0.5, 0.6) is 0 Å². The van der Waals surface area contributed by atoms with Crippen LogP contribution in [0.3, 0.4) is 0 Å². The molecule has 0 aromatic carbocycles. The van der Waals surface area contributed by atoms with E-state index in [9.17, 15) is 8.42 Å². The van der Waals surface area contributed by atoms with E-state index in [-0.39, 0.29) is 11.7 Å². The lowest BCUT2D eigenvalue weighted by Crippen LogP contribution is -2.53. The molecular weight excluding hydrogens is 248 g/mol. The number of rotatable bonds is 9. The van der Waals surface area contributed by atoms with Gasteiger partial charge in [-0.3, -0.25) is 0 Å². The summed E-state index contributed by atoms with van der Waals surface area (Å²) in [5.74, 6) is 0.789. The number of hydrogen-bond acceptors (Lipinski definition) is 3. The third-order valence-electron chi connectivity index (χ3n) is 3.00. The van der Waals surface area contributed by atoms with Crippen molar-refractivity contribution in [2.45, 2.75) is 59.4 Å². The summed E-state index contributed by atoms with van der Waals surface area (Å²) in [6, 6.07) is 0. The Morgan fingerprint density at radius 3 is 2.22 bits per heavy atom. The molecular formula is C13H30N2O2S. The molecule has 2 atom stereocenters. The van der Waals surface area contributed by atoms with E-state index in [1.165, 1.54) is 0 Å². The molecule has 0 saturated heterocycles. The van der Waals surface area contributed by atoms with Gasteiger partial charge in [0.05, 0.1) is 5.75 Å². The van der Waals surface area contributed by atoms with Gasteiger partial charge in [-0.05, 0) is 31.6 Å². The largest absolute Gasteiger partial charge is 0.329 e. The van der Waals surface area contributed by atoms with Crippen LogP contribution in [0.4, 0.5) is 0 Å². The van der Waals surface area contributed by atoms with Gasteiger partial charge in [0.1, 0.15) is 0 Å². The summed E-state index contributed by atoms with van der Waals surface area (Å²) in [5, 5.41) is 0. The molecule has 0 aliphatic rings. The minimum absolute atomic E-state index is 0.188. The first-order chi connectivity index (χ1) is 8.14. The minimum Gasteiger partial charge on any atom is -0.329 e. The average Bonchev–Trinajstić information content (AvgIpc) is 2.14. The molecule has 0 spiro atoms. The second-order valence-electron chi connectivity index (χ2n) is 6.14. The van der Waals surface area contributed by atoms with Gasteiger partial charge in [-0.2, -0.15) is 0 Å². The molecule has 0 fully saturated rings. The van der Waals surface area contributed by atoms with Crippen molar-refractivity contribution in [1.82, 2.24) is 4.72 Å². The zero-order chi connectivity index (χ0) is 14.4. The smallest absolute Gasteiger partial charge is 0.212 e. The third-order valence-corrected chi connectivity index (χ3v) is 4.81. The number of nitrogens with one attached hydrogen (secondary N) is 1. The summed E-state index contributed by atoms with van der Waals surface area (Å²) in [6.07, 6.45) is 2.70. The van der Waals surface area contributed by atoms with Crippen molar-refractivity contribution >= 4 is 10.0 Å². The maximum atomic E-state index is 12.1. The molecule has 110 valence electrons. The molecule has 0 bridgehead atoms. The molecule has 0 amide bonds. The first-order valence-corrected chi connectivity index (χ1v) is 8.51. The summed E-state index contributed by atoms with van der Waals surface area (Å²) in [7, 11) is -3.25. The summed E-state index contributed by atoms with van der Waals surface area (Å²) in [4.78, 5) is 0. The van der Waals surface area contributed by atoms with Gasteiger partial charge in [0.15, 0.2) is 0 Å². The van der Waals surface area contributed by atoms with Gasteiger partial charge >= 0.3 is 0 Å². The normalized spacial score (nSPS) is 17.7. The van der Waals surface area contributed by atoms with Crippen LogP contribution in [-0.2, 0) is 10.0 Å². The zero-order valence-corrected chi connectivity index (χ0v) is 13.3. The highest BCUT2D eigenvalue weighted by Crippen LogP contribution is 2.18. The molecule has 0 heterocycles. The van der Waals surface area contributed by atoms with E-state index in [2.05, 4.69) is 25.5 Å². The van der Waals surface area contributed by atoms with Crippen molar-refractivity contribution < 1.29 is 8.42 Å². The molecule has 0 radical (unpaired) electrons. The molecule has 0 aliphatic carbocycles. The summed E-state index contributed by atoms with van der Waals surface area (Å²) in [6.45, 7) is 10.4. The highest BCUT2D eigenvalue weighted by Gasteiger charge is 2.29. The first kappa shape index (κ1) is 17.9. The lowest BCUT2D eigenvalue weighted by molar-refractivity contribution is 0.343.